The number of amides is 2. The van der Waals surface area contributed by atoms with E-state index in [-0.39, 0.29) is 13.5 Å². The van der Waals surface area contributed by atoms with Gasteiger partial charge in [0.05, 0.1) is 0 Å². The van der Waals surface area contributed by atoms with E-state index >= 15 is 0 Å². The number of anilines is 2. The second kappa shape index (κ2) is 35.7. The SMILES string of the molecule is CCCCCCCCCCCCCCCN(CC)COC(=O)Nc1cccc(NC(=O)OCN(CC)CCCCCCCCCCCCCCC)c1. The van der Waals surface area contributed by atoms with Gasteiger partial charge in [-0.15, -0.1) is 0 Å². The molecule has 0 bridgehead atoms. The van der Waals surface area contributed by atoms with Gasteiger partial charge in [-0.05, 0) is 44.1 Å². The van der Waals surface area contributed by atoms with Crippen molar-refractivity contribution in [1.82, 2.24) is 9.80 Å². The lowest BCUT2D eigenvalue weighted by Gasteiger charge is -2.20. The van der Waals surface area contributed by atoms with Gasteiger partial charge in [-0.2, -0.15) is 0 Å². The van der Waals surface area contributed by atoms with Crippen molar-refractivity contribution in [2.45, 2.75) is 195 Å². The molecule has 0 aliphatic heterocycles. The third-order valence-corrected chi connectivity index (χ3v) is 10.2. The topological polar surface area (TPSA) is 83.1 Å². The molecule has 0 fully saturated rings. The Bertz CT molecular complexity index is 891. The Morgan fingerprint density at radius 1 is 0.462 bits per heavy atom. The number of nitrogens with one attached hydrogen (secondary N) is 2. The zero-order chi connectivity index (χ0) is 37.7. The van der Waals surface area contributed by atoms with Gasteiger partial charge in [0, 0.05) is 24.5 Å². The van der Waals surface area contributed by atoms with Crippen LogP contribution in [0.5, 0.6) is 0 Å². The van der Waals surface area contributed by atoms with Crippen LogP contribution in [0.1, 0.15) is 195 Å². The van der Waals surface area contributed by atoms with Crippen LogP contribution in [0.2, 0.25) is 0 Å². The Hall–Kier alpha value is -2.32. The fourth-order valence-corrected chi connectivity index (χ4v) is 6.62. The van der Waals surface area contributed by atoms with Crippen LogP contribution < -0.4 is 10.6 Å². The smallest absolute Gasteiger partial charge is 0.412 e. The maximum atomic E-state index is 12.5. The molecule has 8 nitrogen and oxygen atoms in total. The molecule has 52 heavy (non-hydrogen) atoms. The molecule has 2 N–H and O–H groups in total. The van der Waals surface area contributed by atoms with Crippen LogP contribution in [-0.4, -0.2) is 61.6 Å². The van der Waals surface area contributed by atoms with Crippen LogP contribution in [0.25, 0.3) is 0 Å². The van der Waals surface area contributed by atoms with E-state index in [4.69, 9.17) is 9.47 Å². The fraction of sp³-hybridized carbons (Fsp3) is 0.818. The van der Waals surface area contributed by atoms with Crippen molar-refractivity contribution in [2.75, 3.05) is 50.3 Å². The van der Waals surface area contributed by atoms with E-state index in [1.54, 1.807) is 24.3 Å². The summed E-state index contributed by atoms with van der Waals surface area (Å²) in [6.45, 7) is 12.8. The number of hydrogen-bond acceptors (Lipinski definition) is 6. The molecule has 0 unspecified atom stereocenters. The fourth-order valence-electron chi connectivity index (χ4n) is 6.62. The molecule has 0 aliphatic carbocycles. The first-order chi connectivity index (χ1) is 25.5. The minimum Gasteiger partial charge on any atom is -0.433 e. The van der Waals surface area contributed by atoms with Crippen molar-refractivity contribution in [1.29, 1.82) is 0 Å². The predicted molar refractivity (Wildman–Crippen MR) is 222 cm³/mol. The van der Waals surface area contributed by atoms with Crippen molar-refractivity contribution in [2.24, 2.45) is 0 Å². The third-order valence-electron chi connectivity index (χ3n) is 10.2. The Kier molecular flexibility index (Phi) is 32.7. The summed E-state index contributed by atoms with van der Waals surface area (Å²) in [7, 11) is 0. The van der Waals surface area contributed by atoms with Gasteiger partial charge in [-0.3, -0.25) is 20.4 Å². The molecule has 0 spiro atoms. The summed E-state index contributed by atoms with van der Waals surface area (Å²) in [4.78, 5) is 29.4. The largest absolute Gasteiger partial charge is 0.433 e. The molecule has 1 aromatic carbocycles. The average molecular weight is 731 g/mol. The van der Waals surface area contributed by atoms with E-state index in [0.717, 1.165) is 39.0 Å². The highest BCUT2D eigenvalue weighted by molar-refractivity contribution is 5.88. The van der Waals surface area contributed by atoms with Crippen molar-refractivity contribution < 1.29 is 19.1 Å². The van der Waals surface area contributed by atoms with Gasteiger partial charge < -0.3 is 9.47 Å². The number of unbranched alkanes of at least 4 members (excludes halogenated alkanes) is 24. The summed E-state index contributed by atoms with van der Waals surface area (Å²) in [6, 6.07) is 7.04. The molecule has 2 amide bonds. The maximum Gasteiger partial charge on any atom is 0.412 e. The van der Waals surface area contributed by atoms with Gasteiger partial charge in [0.2, 0.25) is 0 Å². The molecular formula is C44H82N4O4. The molecule has 0 heterocycles. The molecule has 1 aromatic rings. The molecule has 0 radical (unpaired) electrons. The minimum atomic E-state index is -0.504. The van der Waals surface area contributed by atoms with Gasteiger partial charge in [-0.25, -0.2) is 9.59 Å². The van der Waals surface area contributed by atoms with Gasteiger partial charge in [0.15, 0.2) is 0 Å². The molecule has 8 heteroatoms. The zero-order valence-electron chi connectivity index (χ0n) is 34.5. The zero-order valence-corrected chi connectivity index (χ0v) is 34.5. The Morgan fingerprint density at radius 3 is 1.04 bits per heavy atom. The second-order valence-corrected chi connectivity index (χ2v) is 14.9. The Morgan fingerprint density at radius 2 is 0.750 bits per heavy atom. The summed E-state index contributed by atoms with van der Waals surface area (Å²) in [6.07, 6.45) is 33.8. The summed E-state index contributed by atoms with van der Waals surface area (Å²) in [5.74, 6) is 0. The number of rotatable bonds is 36. The standard InChI is InChI=1S/C44H82N4O4/c1-5-9-11-13-15-17-19-21-23-25-27-29-31-36-47(7-3)39-51-43(49)45-41-34-33-35-42(38-41)46-44(50)52-40-48(8-4)37-32-30-28-26-24-22-20-18-16-14-12-10-6-2/h33-35,38H,5-32,36-37,39-40H2,1-4H3,(H,45,49)(H,46,50). The van der Waals surface area contributed by atoms with Crippen molar-refractivity contribution >= 4 is 23.6 Å². The van der Waals surface area contributed by atoms with Gasteiger partial charge >= 0.3 is 12.2 Å². The molecule has 1 rings (SSSR count). The normalized spacial score (nSPS) is 11.3. The summed E-state index contributed by atoms with van der Waals surface area (Å²) >= 11 is 0. The van der Waals surface area contributed by atoms with Crippen LogP contribution in [0.3, 0.4) is 0 Å². The maximum absolute atomic E-state index is 12.5. The van der Waals surface area contributed by atoms with Crippen LogP contribution in [0, 0.1) is 0 Å². The molecule has 0 aliphatic rings. The highest BCUT2D eigenvalue weighted by atomic mass is 16.6. The summed E-state index contributed by atoms with van der Waals surface area (Å²) < 4.78 is 11.0. The molecule has 0 atom stereocenters. The van der Waals surface area contributed by atoms with Gasteiger partial charge in [0.1, 0.15) is 13.5 Å². The molecule has 302 valence electrons. The molecular weight excluding hydrogens is 649 g/mol. The number of benzene rings is 1. The third kappa shape index (κ3) is 29.2. The second-order valence-electron chi connectivity index (χ2n) is 14.9. The quantitative estimate of drug-likeness (QED) is 0.0528. The first-order valence-electron chi connectivity index (χ1n) is 21.9. The van der Waals surface area contributed by atoms with E-state index in [1.165, 1.54) is 154 Å². The highest BCUT2D eigenvalue weighted by Gasteiger charge is 2.11. The minimum absolute atomic E-state index is 0.262. The number of carbonyl (C=O) groups excluding carboxylic acids is 2. The average Bonchev–Trinajstić information content (AvgIpc) is 3.14. The highest BCUT2D eigenvalue weighted by Crippen LogP contribution is 2.17. The Labute approximate surface area is 320 Å². The summed E-state index contributed by atoms with van der Waals surface area (Å²) in [5.41, 5.74) is 1.11. The van der Waals surface area contributed by atoms with E-state index < -0.39 is 12.2 Å². The Balaban J connectivity index is 2.14. The van der Waals surface area contributed by atoms with Crippen LogP contribution >= 0.6 is 0 Å². The lowest BCUT2D eigenvalue weighted by atomic mass is 10.0. The molecule has 0 saturated heterocycles. The number of carbonyl (C=O) groups is 2. The van der Waals surface area contributed by atoms with E-state index in [0.29, 0.717) is 11.4 Å². The predicted octanol–water partition coefficient (Wildman–Crippen LogP) is 13.5. The number of hydrogen-bond donors (Lipinski definition) is 2. The molecule has 0 saturated carbocycles. The van der Waals surface area contributed by atoms with Crippen molar-refractivity contribution in [3.05, 3.63) is 24.3 Å². The number of nitrogens with zero attached hydrogens (tertiary/aromatic N) is 2. The van der Waals surface area contributed by atoms with Crippen molar-refractivity contribution in [3.8, 4) is 0 Å². The van der Waals surface area contributed by atoms with E-state index in [2.05, 4.69) is 48.1 Å². The van der Waals surface area contributed by atoms with E-state index in [1.807, 2.05) is 0 Å². The van der Waals surface area contributed by atoms with Crippen LogP contribution in [0.4, 0.5) is 21.0 Å². The van der Waals surface area contributed by atoms with Gasteiger partial charge in [0.25, 0.3) is 0 Å². The number of ether oxygens (including phenoxy) is 2. The van der Waals surface area contributed by atoms with Crippen LogP contribution in [-0.2, 0) is 9.47 Å². The lowest BCUT2D eigenvalue weighted by molar-refractivity contribution is 0.0794. The molecule has 0 aromatic heterocycles. The van der Waals surface area contributed by atoms with E-state index in [9.17, 15) is 9.59 Å². The van der Waals surface area contributed by atoms with Gasteiger partial charge in [-0.1, -0.05) is 188 Å². The van der Waals surface area contributed by atoms with Crippen LogP contribution in [0.15, 0.2) is 24.3 Å². The summed E-state index contributed by atoms with van der Waals surface area (Å²) in [5, 5.41) is 5.56. The monoisotopic (exact) mass is 731 g/mol. The lowest BCUT2D eigenvalue weighted by Crippen LogP contribution is -2.30. The first-order valence-corrected chi connectivity index (χ1v) is 21.9. The first kappa shape index (κ1) is 47.7. The van der Waals surface area contributed by atoms with Crippen molar-refractivity contribution in [3.63, 3.8) is 0 Å².